The fourth-order valence-corrected chi connectivity index (χ4v) is 2.45. The van der Waals surface area contributed by atoms with Gasteiger partial charge in [0.15, 0.2) is 5.78 Å². The van der Waals surface area contributed by atoms with Crippen LogP contribution in [0.4, 0.5) is 5.69 Å². The molecule has 22 heavy (non-hydrogen) atoms. The number of allylic oxidation sites excluding steroid dienone is 1. The van der Waals surface area contributed by atoms with Crippen LogP contribution >= 0.6 is 11.6 Å². The quantitative estimate of drug-likeness (QED) is 0.696. The summed E-state index contributed by atoms with van der Waals surface area (Å²) in [5, 5.41) is 3.22. The van der Waals surface area contributed by atoms with Gasteiger partial charge in [0, 0.05) is 21.8 Å². The van der Waals surface area contributed by atoms with Crippen molar-refractivity contribution in [2.45, 2.75) is 0 Å². The van der Waals surface area contributed by atoms with E-state index in [4.69, 9.17) is 16.3 Å². The van der Waals surface area contributed by atoms with Gasteiger partial charge in [-0.25, -0.2) is 0 Å². The standard InChI is InChI=1S/C17H12ClNO3/c1-22-12-5-2-10(3-6-12)16(20)9-14-13-8-11(18)4-7-15(13)19-17(14)21/h2-9H,1H3,(H,19,21). The van der Waals surface area contributed by atoms with Crippen molar-refractivity contribution in [2.24, 2.45) is 0 Å². The maximum Gasteiger partial charge on any atom is 0.256 e. The van der Waals surface area contributed by atoms with E-state index in [0.717, 1.165) is 0 Å². The number of carbonyl (C=O) groups is 2. The first-order valence-corrected chi connectivity index (χ1v) is 6.97. The van der Waals surface area contributed by atoms with Crippen LogP contribution in [0.3, 0.4) is 0 Å². The molecule has 4 nitrogen and oxygen atoms in total. The Kier molecular flexibility index (Phi) is 3.69. The van der Waals surface area contributed by atoms with Crippen LogP contribution in [0.1, 0.15) is 15.9 Å². The normalized spacial score (nSPS) is 14.6. The molecule has 0 spiro atoms. The van der Waals surface area contributed by atoms with Crippen LogP contribution in [0.25, 0.3) is 5.57 Å². The van der Waals surface area contributed by atoms with E-state index in [2.05, 4.69) is 5.32 Å². The van der Waals surface area contributed by atoms with Crippen molar-refractivity contribution in [2.75, 3.05) is 12.4 Å². The van der Waals surface area contributed by atoms with Crippen molar-refractivity contribution in [3.05, 3.63) is 64.7 Å². The van der Waals surface area contributed by atoms with Gasteiger partial charge in [-0.3, -0.25) is 9.59 Å². The highest BCUT2D eigenvalue weighted by Crippen LogP contribution is 2.33. The smallest absolute Gasteiger partial charge is 0.256 e. The summed E-state index contributed by atoms with van der Waals surface area (Å²) >= 11 is 5.96. The van der Waals surface area contributed by atoms with Crippen LogP contribution < -0.4 is 10.1 Å². The maximum atomic E-state index is 12.3. The molecule has 0 fully saturated rings. The van der Waals surface area contributed by atoms with Crippen molar-refractivity contribution in [3.8, 4) is 5.75 Å². The summed E-state index contributed by atoms with van der Waals surface area (Å²) in [7, 11) is 1.56. The monoisotopic (exact) mass is 313 g/mol. The molecule has 3 rings (SSSR count). The predicted octanol–water partition coefficient (Wildman–Crippen LogP) is 3.57. The lowest BCUT2D eigenvalue weighted by Crippen LogP contribution is -2.06. The number of rotatable bonds is 3. The number of halogens is 1. The van der Waals surface area contributed by atoms with Gasteiger partial charge in [-0.1, -0.05) is 11.6 Å². The Morgan fingerprint density at radius 2 is 1.91 bits per heavy atom. The fourth-order valence-electron chi connectivity index (χ4n) is 2.27. The molecule has 0 unspecified atom stereocenters. The SMILES string of the molecule is COc1ccc(C(=O)C=C2C(=O)Nc3ccc(Cl)cc32)cc1. The van der Waals surface area contributed by atoms with Crippen molar-refractivity contribution < 1.29 is 14.3 Å². The Labute approximate surface area is 132 Å². The van der Waals surface area contributed by atoms with Crippen LogP contribution in [0.2, 0.25) is 5.02 Å². The zero-order valence-corrected chi connectivity index (χ0v) is 12.5. The summed E-state index contributed by atoms with van der Waals surface area (Å²) in [6.45, 7) is 0. The van der Waals surface area contributed by atoms with E-state index in [1.165, 1.54) is 6.08 Å². The third kappa shape index (κ3) is 2.61. The Morgan fingerprint density at radius 3 is 2.59 bits per heavy atom. The van der Waals surface area contributed by atoms with E-state index in [1.807, 2.05) is 0 Å². The molecule has 2 aromatic rings. The van der Waals surface area contributed by atoms with Gasteiger partial charge >= 0.3 is 0 Å². The first-order chi connectivity index (χ1) is 10.6. The minimum atomic E-state index is -0.306. The summed E-state index contributed by atoms with van der Waals surface area (Å²) in [4.78, 5) is 24.3. The number of anilines is 1. The van der Waals surface area contributed by atoms with Crippen molar-refractivity contribution in [1.82, 2.24) is 0 Å². The first kappa shape index (κ1) is 14.4. The molecular weight excluding hydrogens is 302 g/mol. The average molecular weight is 314 g/mol. The van der Waals surface area contributed by atoms with Crippen LogP contribution in [0, 0.1) is 0 Å². The third-order valence-corrected chi connectivity index (χ3v) is 3.65. The van der Waals surface area contributed by atoms with E-state index < -0.39 is 0 Å². The number of hydrogen-bond acceptors (Lipinski definition) is 3. The van der Waals surface area contributed by atoms with E-state index in [9.17, 15) is 9.59 Å². The molecule has 1 aliphatic heterocycles. The Balaban J connectivity index is 1.96. The van der Waals surface area contributed by atoms with Crippen molar-refractivity contribution >= 4 is 34.6 Å². The highest BCUT2D eigenvalue weighted by Gasteiger charge is 2.25. The Hall–Kier alpha value is -2.59. The summed E-state index contributed by atoms with van der Waals surface area (Å²) < 4.78 is 5.05. The zero-order valence-electron chi connectivity index (χ0n) is 11.7. The number of nitrogens with one attached hydrogen (secondary N) is 1. The number of carbonyl (C=O) groups excluding carboxylic acids is 2. The molecule has 0 aliphatic carbocycles. The molecular formula is C17H12ClNO3. The number of ether oxygens (including phenoxy) is 1. The molecule has 2 aromatic carbocycles. The first-order valence-electron chi connectivity index (χ1n) is 6.60. The number of methoxy groups -OCH3 is 1. The van der Waals surface area contributed by atoms with E-state index >= 15 is 0 Å². The second kappa shape index (κ2) is 5.66. The molecule has 0 bridgehead atoms. The number of benzene rings is 2. The molecule has 0 saturated carbocycles. The third-order valence-electron chi connectivity index (χ3n) is 3.41. The van der Waals surface area contributed by atoms with E-state index in [-0.39, 0.29) is 11.7 Å². The highest BCUT2D eigenvalue weighted by molar-refractivity contribution is 6.36. The fraction of sp³-hybridized carbons (Fsp3) is 0.0588. The van der Waals surface area contributed by atoms with Gasteiger partial charge in [0.25, 0.3) is 5.91 Å². The topological polar surface area (TPSA) is 55.4 Å². The number of amides is 1. The van der Waals surface area contributed by atoms with Gasteiger partial charge in [-0.05, 0) is 48.5 Å². The highest BCUT2D eigenvalue weighted by atomic mass is 35.5. The minimum Gasteiger partial charge on any atom is -0.497 e. The molecule has 1 aliphatic rings. The molecule has 0 saturated heterocycles. The second-order valence-corrected chi connectivity index (χ2v) is 5.23. The largest absolute Gasteiger partial charge is 0.497 e. The molecule has 5 heteroatoms. The van der Waals surface area contributed by atoms with Gasteiger partial charge in [0.1, 0.15) is 5.75 Å². The molecule has 1 N–H and O–H groups in total. The summed E-state index contributed by atoms with van der Waals surface area (Å²) in [5.74, 6) is 0.111. The van der Waals surface area contributed by atoms with Gasteiger partial charge in [0.2, 0.25) is 0 Å². The minimum absolute atomic E-state index is 0.249. The predicted molar refractivity (Wildman–Crippen MR) is 85.4 cm³/mol. The number of ketones is 1. The summed E-state index contributed by atoms with van der Waals surface area (Å²) in [6, 6.07) is 11.8. The molecule has 1 heterocycles. The lowest BCUT2D eigenvalue weighted by atomic mass is 10.0. The van der Waals surface area contributed by atoms with Gasteiger partial charge in [-0.2, -0.15) is 0 Å². The average Bonchev–Trinajstić information content (AvgIpc) is 2.83. The van der Waals surface area contributed by atoms with E-state index in [1.54, 1.807) is 49.6 Å². The van der Waals surface area contributed by atoms with Gasteiger partial charge < -0.3 is 10.1 Å². The van der Waals surface area contributed by atoms with Crippen LogP contribution in [0.5, 0.6) is 5.75 Å². The molecule has 110 valence electrons. The lowest BCUT2D eigenvalue weighted by Gasteiger charge is -2.01. The maximum absolute atomic E-state index is 12.3. The Bertz CT molecular complexity index is 794. The van der Waals surface area contributed by atoms with Crippen molar-refractivity contribution in [3.63, 3.8) is 0 Å². The van der Waals surface area contributed by atoms with Crippen LogP contribution in [0.15, 0.2) is 48.5 Å². The molecule has 0 atom stereocenters. The van der Waals surface area contributed by atoms with Crippen molar-refractivity contribution in [1.29, 1.82) is 0 Å². The molecule has 1 amide bonds. The van der Waals surface area contributed by atoms with Crippen LogP contribution in [-0.4, -0.2) is 18.8 Å². The van der Waals surface area contributed by atoms with Gasteiger partial charge in [-0.15, -0.1) is 0 Å². The Morgan fingerprint density at radius 1 is 1.18 bits per heavy atom. The van der Waals surface area contributed by atoms with Gasteiger partial charge in [0.05, 0.1) is 12.7 Å². The summed E-state index contributed by atoms with van der Waals surface area (Å²) in [6.07, 6.45) is 1.33. The number of fused-ring (bicyclic) bond motifs is 1. The second-order valence-electron chi connectivity index (χ2n) is 4.79. The van der Waals surface area contributed by atoms with Crippen LogP contribution in [-0.2, 0) is 4.79 Å². The number of hydrogen-bond donors (Lipinski definition) is 1. The zero-order chi connectivity index (χ0) is 15.7. The summed E-state index contributed by atoms with van der Waals surface area (Å²) in [5.41, 5.74) is 2.09. The van der Waals surface area contributed by atoms with E-state index in [0.29, 0.717) is 33.2 Å². The lowest BCUT2D eigenvalue weighted by molar-refractivity contribution is -0.110. The molecule has 0 radical (unpaired) electrons. The molecule has 0 aromatic heterocycles.